The predicted molar refractivity (Wildman–Crippen MR) is 86.2 cm³/mol. The first kappa shape index (κ1) is 18.5. The Morgan fingerprint density at radius 2 is 2.00 bits per heavy atom. The Bertz CT molecular complexity index is 577. The number of sulfonamides is 1. The maximum atomic E-state index is 14.4. The van der Waals surface area contributed by atoms with Crippen LogP contribution in [-0.2, 0) is 16.6 Å². The quantitative estimate of drug-likeness (QED) is 0.680. The van der Waals surface area contributed by atoms with Crippen LogP contribution in [0, 0.1) is 5.82 Å². The van der Waals surface area contributed by atoms with Gasteiger partial charge < -0.3 is 5.32 Å². The van der Waals surface area contributed by atoms with E-state index in [1.165, 1.54) is 6.07 Å². The molecule has 0 saturated carbocycles. The Morgan fingerprint density at radius 1 is 1.33 bits per heavy atom. The average Bonchev–Trinajstić information content (AvgIpc) is 2.39. The van der Waals surface area contributed by atoms with Gasteiger partial charge in [0.2, 0.25) is 10.0 Å². The molecule has 4 nitrogen and oxygen atoms in total. The zero-order valence-corrected chi connectivity index (χ0v) is 14.9. The Kier molecular flexibility index (Phi) is 7.26. The zero-order chi connectivity index (χ0) is 16.0. The van der Waals surface area contributed by atoms with Gasteiger partial charge in [0.15, 0.2) is 0 Å². The zero-order valence-electron chi connectivity index (χ0n) is 12.5. The van der Waals surface area contributed by atoms with Crippen LogP contribution in [0.1, 0.15) is 39.2 Å². The van der Waals surface area contributed by atoms with Crippen molar-refractivity contribution in [2.45, 2.75) is 51.1 Å². The van der Waals surface area contributed by atoms with Crippen molar-refractivity contribution in [3.8, 4) is 0 Å². The highest BCUT2D eigenvalue weighted by Crippen LogP contribution is 2.24. The molecule has 0 heterocycles. The third kappa shape index (κ3) is 5.65. The van der Waals surface area contributed by atoms with Crippen LogP contribution in [0.4, 0.5) is 4.39 Å². The van der Waals surface area contributed by atoms with Gasteiger partial charge in [-0.3, -0.25) is 0 Å². The van der Waals surface area contributed by atoms with Crippen LogP contribution >= 0.6 is 15.9 Å². The van der Waals surface area contributed by atoms with Gasteiger partial charge in [-0.15, -0.1) is 0 Å². The van der Waals surface area contributed by atoms with Crippen molar-refractivity contribution in [2.75, 3.05) is 6.54 Å². The van der Waals surface area contributed by atoms with Gasteiger partial charge in [0, 0.05) is 29.2 Å². The second-order valence-corrected chi connectivity index (χ2v) is 7.82. The van der Waals surface area contributed by atoms with E-state index < -0.39 is 15.8 Å². The minimum absolute atomic E-state index is 0.186. The number of unbranched alkanes of at least 4 members (excludes halogenated alkanes) is 1. The lowest BCUT2D eigenvalue weighted by Gasteiger charge is -2.13. The van der Waals surface area contributed by atoms with Crippen molar-refractivity contribution in [3.63, 3.8) is 0 Å². The summed E-state index contributed by atoms with van der Waals surface area (Å²) in [6.07, 6.45) is 1.59. The van der Waals surface area contributed by atoms with Crippen molar-refractivity contribution in [1.82, 2.24) is 10.0 Å². The van der Waals surface area contributed by atoms with E-state index in [9.17, 15) is 12.8 Å². The monoisotopic (exact) mass is 380 g/mol. The van der Waals surface area contributed by atoms with Crippen molar-refractivity contribution < 1.29 is 12.8 Å². The van der Waals surface area contributed by atoms with Gasteiger partial charge in [-0.2, -0.15) is 0 Å². The average molecular weight is 381 g/mol. The van der Waals surface area contributed by atoms with E-state index in [-0.39, 0.29) is 17.5 Å². The molecule has 7 heteroatoms. The molecule has 0 fully saturated rings. The second-order valence-electron chi connectivity index (χ2n) is 5.16. The van der Waals surface area contributed by atoms with Crippen LogP contribution < -0.4 is 10.0 Å². The molecular weight excluding hydrogens is 359 g/mol. The highest BCUT2D eigenvalue weighted by atomic mass is 79.9. The van der Waals surface area contributed by atoms with Gasteiger partial charge in [-0.05, 0) is 18.6 Å². The van der Waals surface area contributed by atoms with Crippen molar-refractivity contribution in [2.24, 2.45) is 0 Å². The predicted octanol–water partition coefficient (Wildman–Crippen LogP) is 3.16. The standard InChI is InChI=1S/C14H22BrFN2O2S/c1-4-5-6-18-21(19,20)13-8-12(15)7-11(14(13)16)9-17-10(2)3/h7-8,10,17-18H,4-6,9H2,1-3H3. The first-order chi connectivity index (χ1) is 9.77. The fourth-order valence-electron chi connectivity index (χ4n) is 1.72. The Morgan fingerprint density at radius 3 is 2.57 bits per heavy atom. The number of hydrogen-bond donors (Lipinski definition) is 2. The first-order valence-electron chi connectivity index (χ1n) is 6.99. The lowest BCUT2D eigenvalue weighted by molar-refractivity contribution is 0.527. The van der Waals surface area contributed by atoms with Crippen LogP contribution in [0.15, 0.2) is 21.5 Å². The van der Waals surface area contributed by atoms with E-state index in [0.717, 1.165) is 12.8 Å². The van der Waals surface area contributed by atoms with E-state index in [1.807, 2.05) is 20.8 Å². The summed E-state index contributed by atoms with van der Waals surface area (Å²) in [7, 11) is -3.83. The third-order valence-electron chi connectivity index (χ3n) is 2.89. The van der Waals surface area contributed by atoms with E-state index in [0.29, 0.717) is 16.6 Å². The maximum absolute atomic E-state index is 14.4. The molecule has 0 aliphatic rings. The second kappa shape index (κ2) is 8.22. The molecule has 1 aromatic carbocycles. The molecule has 0 atom stereocenters. The molecule has 0 spiro atoms. The molecule has 0 saturated heterocycles. The molecule has 0 radical (unpaired) electrons. The molecule has 0 aliphatic carbocycles. The summed E-state index contributed by atoms with van der Waals surface area (Å²) in [5.74, 6) is -0.699. The van der Waals surface area contributed by atoms with Crippen LogP contribution in [0.25, 0.3) is 0 Å². The van der Waals surface area contributed by atoms with Gasteiger partial charge in [-0.25, -0.2) is 17.5 Å². The number of nitrogens with one attached hydrogen (secondary N) is 2. The lowest BCUT2D eigenvalue weighted by Crippen LogP contribution is -2.27. The largest absolute Gasteiger partial charge is 0.310 e. The number of halogens is 2. The summed E-state index contributed by atoms with van der Waals surface area (Å²) in [6.45, 7) is 6.44. The highest BCUT2D eigenvalue weighted by molar-refractivity contribution is 9.10. The Balaban J connectivity index is 3.06. The summed E-state index contributed by atoms with van der Waals surface area (Å²) >= 11 is 3.24. The fourth-order valence-corrected chi connectivity index (χ4v) is 3.59. The SMILES string of the molecule is CCCCNS(=O)(=O)c1cc(Br)cc(CNC(C)C)c1F. The van der Waals surface area contributed by atoms with E-state index in [2.05, 4.69) is 26.0 Å². The number of benzene rings is 1. The topological polar surface area (TPSA) is 58.2 Å². The third-order valence-corrected chi connectivity index (χ3v) is 4.81. The highest BCUT2D eigenvalue weighted by Gasteiger charge is 2.22. The summed E-state index contributed by atoms with van der Waals surface area (Å²) in [5.41, 5.74) is 0.328. The molecular formula is C14H22BrFN2O2S. The molecule has 21 heavy (non-hydrogen) atoms. The van der Waals surface area contributed by atoms with Crippen LogP contribution in [0.2, 0.25) is 0 Å². The van der Waals surface area contributed by atoms with E-state index in [1.54, 1.807) is 6.07 Å². The summed E-state index contributed by atoms with van der Waals surface area (Å²) in [5, 5.41) is 3.08. The first-order valence-corrected chi connectivity index (χ1v) is 9.26. The normalized spacial score (nSPS) is 12.1. The van der Waals surface area contributed by atoms with Gasteiger partial charge >= 0.3 is 0 Å². The Labute approximate surface area is 134 Å². The summed E-state index contributed by atoms with van der Waals surface area (Å²) < 4.78 is 41.8. The summed E-state index contributed by atoms with van der Waals surface area (Å²) in [6, 6.07) is 3.07. The van der Waals surface area contributed by atoms with Crippen molar-refractivity contribution in [3.05, 3.63) is 28.0 Å². The molecule has 0 aromatic heterocycles. The minimum Gasteiger partial charge on any atom is -0.310 e. The van der Waals surface area contributed by atoms with Gasteiger partial charge in [0.25, 0.3) is 0 Å². The summed E-state index contributed by atoms with van der Waals surface area (Å²) in [4.78, 5) is -0.312. The molecule has 0 amide bonds. The van der Waals surface area contributed by atoms with Crippen LogP contribution in [-0.4, -0.2) is 21.0 Å². The molecule has 2 N–H and O–H groups in total. The fraction of sp³-hybridized carbons (Fsp3) is 0.571. The van der Waals surface area contributed by atoms with Crippen LogP contribution in [0.5, 0.6) is 0 Å². The smallest absolute Gasteiger partial charge is 0.243 e. The molecule has 0 bridgehead atoms. The molecule has 0 aliphatic heterocycles. The van der Waals surface area contributed by atoms with Gasteiger partial charge in [0.05, 0.1) is 0 Å². The van der Waals surface area contributed by atoms with E-state index >= 15 is 0 Å². The van der Waals surface area contributed by atoms with Crippen molar-refractivity contribution >= 4 is 26.0 Å². The number of rotatable bonds is 8. The number of hydrogen-bond acceptors (Lipinski definition) is 3. The van der Waals surface area contributed by atoms with E-state index in [4.69, 9.17) is 0 Å². The van der Waals surface area contributed by atoms with Gasteiger partial charge in [0.1, 0.15) is 10.7 Å². The lowest BCUT2D eigenvalue weighted by atomic mass is 10.2. The van der Waals surface area contributed by atoms with Crippen LogP contribution in [0.3, 0.4) is 0 Å². The molecule has 0 unspecified atom stereocenters. The minimum atomic E-state index is -3.83. The van der Waals surface area contributed by atoms with Crippen molar-refractivity contribution in [1.29, 1.82) is 0 Å². The Hall–Kier alpha value is -0.500. The maximum Gasteiger partial charge on any atom is 0.243 e. The molecule has 1 aromatic rings. The van der Waals surface area contributed by atoms with Gasteiger partial charge in [-0.1, -0.05) is 43.1 Å². The molecule has 120 valence electrons. The molecule has 1 rings (SSSR count).